The SMILES string of the molecule is CC(=O)c1cc(-c2ccccc2)c(Cc2ccccc2)nc1C. The highest BCUT2D eigenvalue weighted by molar-refractivity contribution is 5.96. The number of carbonyl (C=O) groups is 1. The van der Waals surface area contributed by atoms with Crippen LogP contribution in [0, 0.1) is 6.92 Å². The molecule has 114 valence electrons. The monoisotopic (exact) mass is 301 g/mol. The smallest absolute Gasteiger partial charge is 0.161 e. The fourth-order valence-electron chi connectivity index (χ4n) is 2.80. The number of nitrogens with zero attached hydrogens (tertiary/aromatic N) is 1. The summed E-state index contributed by atoms with van der Waals surface area (Å²) in [7, 11) is 0. The molecule has 0 aliphatic rings. The van der Waals surface area contributed by atoms with Gasteiger partial charge in [-0.1, -0.05) is 60.7 Å². The van der Waals surface area contributed by atoms with E-state index in [2.05, 4.69) is 24.3 Å². The van der Waals surface area contributed by atoms with Crippen molar-refractivity contribution >= 4 is 5.78 Å². The lowest BCUT2D eigenvalue weighted by Gasteiger charge is -2.13. The maximum atomic E-state index is 11.9. The summed E-state index contributed by atoms with van der Waals surface area (Å²) in [5.41, 5.74) is 5.83. The van der Waals surface area contributed by atoms with E-state index in [0.717, 1.165) is 28.9 Å². The Morgan fingerprint density at radius 1 is 0.957 bits per heavy atom. The van der Waals surface area contributed by atoms with Gasteiger partial charge in [0.1, 0.15) is 0 Å². The third-order valence-electron chi connectivity index (χ3n) is 3.97. The van der Waals surface area contributed by atoms with E-state index < -0.39 is 0 Å². The second kappa shape index (κ2) is 6.57. The number of rotatable bonds is 4. The van der Waals surface area contributed by atoms with E-state index in [0.29, 0.717) is 5.56 Å². The van der Waals surface area contributed by atoms with Crippen molar-refractivity contribution in [2.45, 2.75) is 20.3 Å². The van der Waals surface area contributed by atoms with Crippen LogP contribution in [-0.2, 0) is 6.42 Å². The largest absolute Gasteiger partial charge is 0.294 e. The summed E-state index contributed by atoms with van der Waals surface area (Å²) in [5, 5.41) is 0. The van der Waals surface area contributed by atoms with Gasteiger partial charge in [0, 0.05) is 23.2 Å². The number of ketones is 1. The normalized spacial score (nSPS) is 10.5. The van der Waals surface area contributed by atoms with E-state index in [4.69, 9.17) is 4.98 Å². The summed E-state index contributed by atoms with van der Waals surface area (Å²) in [5.74, 6) is 0.0541. The van der Waals surface area contributed by atoms with Crippen molar-refractivity contribution in [3.63, 3.8) is 0 Å². The highest BCUT2D eigenvalue weighted by atomic mass is 16.1. The number of hydrogen-bond acceptors (Lipinski definition) is 2. The van der Waals surface area contributed by atoms with Gasteiger partial charge in [0.25, 0.3) is 0 Å². The van der Waals surface area contributed by atoms with Crippen LogP contribution in [0.2, 0.25) is 0 Å². The van der Waals surface area contributed by atoms with Crippen LogP contribution in [0.4, 0.5) is 0 Å². The van der Waals surface area contributed by atoms with E-state index in [9.17, 15) is 4.79 Å². The third kappa shape index (κ3) is 3.37. The summed E-state index contributed by atoms with van der Waals surface area (Å²) < 4.78 is 0. The third-order valence-corrected chi connectivity index (χ3v) is 3.97. The number of aryl methyl sites for hydroxylation is 1. The topological polar surface area (TPSA) is 30.0 Å². The lowest BCUT2D eigenvalue weighted by Crippen LogP contribution is -2.05. The Bertz CT molecular complexity index is 823. The van der Waals surface area contributed by atoms with E-state index in [-0.39, 0.29) is 5.78 Å². The molecule has 0 fully saturated rings. The summed E-state index contributed by atoms with van der Waals surface area (Å²) >= 11 is 0. The Morgan fingerprint density at radius 3 is 2.17 bits per heavy atom. The average molecular weight is 301 g/mol. The zero-order valence-corrected chi connectivity index (χ0v) is 13.4. The van der Waals surface area contributed by atoms with Gasteiger partial charge < -0.3 is 0 Å². The van der Waals surface area contributed by atoms with Crippen LogP contribution in [0.25, 0.3) is 11.1 Å². The molecule has 0 saturated heterocycles. The molecule has 0 aliphatic heterocycles. The number of Topliss-reactive ketones (excluding diaryl/α,β-unsaturated/α-hetero) is 1. The molecule has 0 amide bonds. The van der Waals surface area contributed by atoms with Crippen LogP contribution in [-0.4, -0.2) is 10.8 Å². The van der Waals surface area contributed by atoms with Gasteiger partial charge in [-0.2, -0.15) is 0 Å². The first-order valence-electron chi connectivity index (χ1n) is 7.76. The van der Waals surface area contributed by atoms with Crippen molar-refractivity contribution in [1.82, 2.24) is 4.98 Å². The van der Waals surface area contributed by atoms with E-state index in [1.54, 1.807) is 6.92 Å². The molecule has 0 aliphatic carbocycles. The van der Waals surface area contributed by atoms with Crippen molar-refractivity contribution in [3.05, 3.63) is 89.2 Å². The molecule has 0 saturated carbocycles. The van der Waals surface area contributed by atoms with Gasteiger partial charge in [0.2, 0.25) is 0 Å². The van der Waals surface area contributed by atoms with Crippen LogP contribution in [0.1, 0.15) is 34.2 Å². The molecule has 2 nitrogen and oxygen atoms in total. The second-order valence-electron chi connectivity index (χ2n) is 5.70. The highest BCUT2D eigenvalue weighted by Crippen LogP contribution is 2.27. The molecule has 0 spiro atoms. The maximum Gasteiger partial charge on any atom is 0.161 e. The Hall–Kier alpha value is -2.74. The minimum Gasteiger partial charge on any atom is -0.294 e. The molecule has 0 atom stereocenters. The molecule has 1 heterocycles. The fraction of sp³-hybridized carbons (Fsp3) is 0.143. The highest BCUT2D eigenvalue weighted by Gasteiger charge is 2.14. The van der Waals surface area contributed by atoms with E-state index >= 15 is 0 Å². The molecule has 23 heavy (non-hydrogen) atoms. The summed E-state index contributed by atoms with van der Waals surface area (Å²) in [6.07, 6.45) is 0.754. The van der Waals surface area contributed by atoms with Crippen LogP contribution in [0.3, 0.4) is 0 Å². The Kier molecular flexibility index (Phi) is 4.33. The Morgan fingerprint density at radius 2 is 1.57 bits per heavy atom. The quantitative estimate of drug-likeness (QED) is 0.645. The summed E-state index contributed by atoms with van der Waals surface area (Å²) in [6, 6.07) is 22.4. The van der Waals surface area contributed by atoms with E-state index in [1.807, 2.05) is 49.4 Å². The molecular formula is C21H19NO. The van der Waals surface area contributed by atoms with Gasteiger partial charge in [-0.25, -0.2) is 0 Å². The summed E-state index contributed by atoms with van der Waals surface area (Å²) in [6.45, 7) is 3.50. The molecule has 0 radical (unpaired) electrons. The molecule has 2 aromatic carbocycles. The zero-order valence-electron chi connectivity index (χ0n) is 13.4. The number of hydrogen-bond donors (Lipinski definition) is 0. The van der Waals surface area contributed by atoms with Crippen molar-refractivity contribution in [3.8, 4) is 11.1 Å². The van der Waals surface area contributed by atoms with Crippen molar-refractivity contribution in [2.24, 2.45) is 0 Å². The minimum absolute atomic E-state index is 0.0541. The first-order valence-corrected chi connectivity index (χ1v) is 7.76. The van der Waals surface area contributed by atoms with Crippen molar-refractivity contribution in [1.29, 1.82) is 0 Å². The van der Waals surface area contributed by atoms with Gasteiger partial charge in [0.05, 0.1) is 5.69 Å². The van der Waals surface area contributed by atoms with Crippen LogP contribution in [0.15, 0.2) is 66.7 Å². The van der Waals surface area contributed by atoms with Gasteiger partial charge in [-0.05, 0) is 31.0 Å². The van der Waals surface area contributed by atoms with E-state index in [1.165, 1.54) is 5.56 Å². The molecule has 0 bridgehead atoms. The van der Waals surface area contributed by atoms with Crippen LogP contribution < -0.4 is 0 Å². The predicted octanol–water partition coefficient (Wildman–Crippen LogP) is 4.85. The molecule has 1 aromatic heterocycles. The minimum atomic E-state index is 0.0541. The lowest BCUT2D eigenvalue weighted by atomic mass is 9.96. The average Bonchev–Trinajstić information content (AvgIpc) is 2.56. The predicted molar refractivity (Wildman–Crippen MR) is 93.7 cm³/mol. The van der Waals surface area contributed by atoms with Crippen molar-refractivity contribution in [2.75, 3.05) is 0 Å². The lowest BCUT2D eigenvalue weighted by molar-refractivity contribution is 0.101. The zero-order chi connectivity index (χ0) is 16.2. The fourth-order valence-corrected chi connectivity index (χ4v) is 2.80. The first kappa shape index (κ1) is 15.2. The Balaban J connectivity index is 2.14. The molecule has 0 unspecified atom stereocenters. The number of pyridine rings is 1. The maximum absolute atomic E-state index is 11.9. The molecule has 3 aromatic rings. The molecule has 0 N–H and O–H groups in total. The summed E-state index contributed by atoms with van der Waals surface area (Å²) in [4.78, 5) is 16.6. The number of carbonyl (C=O) groups excluding carboxylic acids is 1. The first-order chi connectivity index (χ1) is 11.1. The molecular weight excluding hydrogens is 282 g/mol. The van der Waals surface area contributed by atoms with Gasteiger partial charge in [0.15, 0.2) is 5.78 Å². The van der Waals surface area contributed by atoms with Crippen molar-refractivity contribution < 1.29 is 4.79 Å². The van der Waals surface area contributed by atoms with Gasteiger partial charge in [-0.15, -0.1) is 0 Å². The standard InChI is InChI=1S/C21H19NO/c1-15-19(16(2)23)14-20(18-11-7-4-8-12-18)21(22-15)13-17-9-5-3-6-10-17/h3-12,14H,13H2,1-2H3. The Labute approximate surface area is 136 Å². The van der Waals surface area contributed by atoms with Gasteiger partial charge in [-0.3, -0.25) is 9.78 Å². The molecule has 3 rings (SSSR count). The van der Waals surface area contributed by atoms with Crippen LogP contribution >= 0.6 is 0 Å². The number of aromatic nitrogens is 1. The molecule has 2 heteroatoms. The number of benzene rings is 2. The second-order valence-corrected chi connectivity index (χ2v) is 5.70. The van der Waals surface area contributed by atoms with Crippen LogP contribution in [0.5, 0.6) is 0 Å². The van der Waals surface area contributed by atoms with Gasteiger partial charge >= 0.3 is 0 Å².